The third-order valence-electron chi connectivity index (χ3n) is 3.25. The summed E-state index contributed by atoms with van der Waals surface area (Å²) in [6.07, 6.45) is -3.00. The Morgan fingerprint density at radius 3 is 2.62 bits per heavy atom. The van der Waals surface area contributed by atoms with Gasteiger partial charge in [0.15, 0.2) is 0 Å². The number of ether oxygens (including phenoxy) is 1. The van der Waals surface area contributed by atoms with Crippen LogP contribution in [0.1, 0.15) is 33.1 Å². The first kappa shape index (κ1) is 17.7. The Morgan fingerprint density at radius 1 is 1.38 bits per heavy atom. The first-order valence-electron chi connectivity index (χ1n) is 6.99. The van der Waals surface area contributed by atoms with Gasteiger partial charge in [-0.2, -0.15) is 13.2 Å². The number of nitrogens with zero attached hydrogens (tertiary/aromatic N) is 1. The Bertz CT molecular complexity index is 374. The van der Waals surface area contributed by atoms with Crippen molar-refractivity contribution in [2.45, 2.75) is 51.4 Å². The topological polar surface area (TPSA) is 58.6 Å². The van der Waals surface area contributed by atoms with E-state index in [1.165, 1.54) is 4.90 Å². The van der Waals surface area contributed by atoms with E-state index in [9.17, 15) is 22.8 Å². The molecule has 21 heavy (non-hydrogen) atoms. The Hall–Kier alpha value is -1.31. The van der Waals surface area contributed by atoms with Gasteiger partial charge in [-0.15, -0.1) is 0 Å². The molecule has 8 heteroatoms. The molecule has 0 spiro atoms. The van der Waals surface area contributed by atoms with Crippen molar-refractivity contribution in [3.05, 3.63) is 0 Å². The molecule has 0 bridgehead atoms. The molecule has 0 saturated carbocycles. The number of carbonyl (C=O) groups is 2. The summed E-state index contributed by atoms with van der Waals surface area (Å²) in [7, 11) is 0. The van der Waals surface area contributed by atoms with Gasteiger partial charge >= 0.3 is 6.18 Å². The van der Waals surface area contributed by atoms with Crippen molar-refractivity contribution >= 4 is 11.8 Å². The van der Waals surface area contributed by atoms with Gasteiger partial charge in [-0.05, 0) is 13.3 Å². The molecular formula is C13H21F3N2O3. The summed E-state index contributed by atoms with van der Waals surface area (Å²) in [4.78, 5) is 25.4. The van der Waals surface area contributed by atoms with Crippen molar-refractivity contribution < 1.29 is 27.5 Å². The van der Waals surface area contributed by atoms with Gasteiger partial charge in [0.2, 0.25) is 11.8 Å². The summed E-state index contributed by atoms with van der Waals surface area (Å²) in [6, 6.07) is -0.955. The van der Waals surface area contributed by atoms with Crippen LogP contribution in [-0.4, -0.2) is 54.7 Å². The van der Waals surface area contributed by atoms with E-state index in [1.807, 2.05) is 6.92 Å². The molecule has 1 rings (SSSR count). The minimum atomic E-state index is -4.38. The predicted molar refractivity (Wildman–Crippen MR) is 69.5 cm³/mol. The van der Waals surface area contributed by atoms with E-state index in [-0.39, 0.29) is 37.4 Å². The van der Waals surface area contributed by atoms with Gasteiger partial charge in [-0.25, -0.2) is 0 Å². The first-order valence-corrected chi connectivity index (χ1v) is 6.99. The minimum Gasteiger partial charge on any atom is -0.370 e. The van der Waals surface area contributed by atoms with Crippen molar-refractivity contribution in [2.75, 3.05) is 19.8 Å². The lowest BCUT2D eigenvalue weighted by Crippen LogP contribution is -2.47. The molecule has 0 aromatic carbocycles. The molecule has 2 atom stereocenters. The second-order valence-electron chi connectivity index (χ2n) is 5.16. The largest absolute Gasteiger partial charge is 0.411 e. The fourth-order valence-electron chi connectivity index (χ4n) is 2.28. The number of carbonyl (C=O) groups excluding carboxylic acids is 2. The molecule has 1 fully saturated rings. The Kier molecular flexibility index (Phi) is 6.44. The highest BCUT2D eigenvalue weighted by Gasteiger charge is 2.33. The highest BCUT2D eigenvalue weighted by atomic mass is 19.4. The Morgan fingerprint density at radius 2 is 2.05 bits per heavy atom. The number of amides is 2. The van der Waals surface area contributed by atoms with Gasteiger partial charge in [0.05, 0.1) is 6.61 Å². The lowest BCUT2D eigenvalue weighted by molar-refractivity contribution is -0.175. The molecule has 0 aliphatic carbocycles. The van der Waals surface area contributed by atoms with E-state index >= 15 is 0 Å². The molecule has 0 aromatic heterocycles. The van der Waals surface area contributed by atoms with E-state index in [0.29, 0.717) is 6.42 Å². The zero-order valence-electron chi connectivity index (χ0n) is 12.2. The Balaban J connectivity index is 2.59. The summed E-state index contributed by atoms with van der Waals surface area (Å²) >= 11 is 0. The van der Waals surface area contributed by atoms with Crippen LogP contribution < -0.4 is 5.32 Å². The number of hydrogen-bond donors (Lipinski definition) is 1. The van der Waals surface area contributed by atoms with Gasteiger partial charge in [0.1, 0.15) is 12.6 Å². The summed E-state index contributed by atoms with van der Waals surface area (Å²) in [5.74, 6) is -0.473. The van der Waals surface area contributed by atoms with E-state index in [1.54, 1.807) is 6.92 Å². The molecule has 1 aliphatic heterocycles. The highest BCUT2D eigenvalue weighted by molar-refractivity contribution is 5.90. The van der Waals surface area contributed by atoms with E-state index in [4.69, 9.17) is 0 Å². The monoisotopic (exact) mass is 310 g/mol. The van der Waals surface area contributed by atoms with Crippen LogP contribution in [0.25, 0.3) is 0 Å². The second kappa shape index (κ2) is 7.63. The number of halogens is 3. The van der Waals surface area contributed by atoms with Gasteiger partial charge in [-0.3, -0.25) is 9.59 Å². The fraction of sp³-hybridized carbons (Fsp3) is 0.846. The summed E-state index contributed by atoms with van der Waals surface area (Å²) in [5, 5.41) is 2.65. The molecule has 122 valence electrons. The zero-order valence-corrected chi connectivity index (χ0v) is 12.2. The van der Waals surface area contributed by atoms with E-state index < -0.39 is 18.8 Å². The van der Waals surface area contributed by atoms with E-state index in [2.05, 4.69) is 10.1 Å². The van der Waals surface area contributed by atoms with Crippen LogP contribution in [-0.2, 0) is 14.3 Å². The third kappa shape index (κ3) is 5.91. The number of rotatable bonds is 6. The lowest BCUT2D eigenvalue weighted by Gasteiger charge is -2.28. The Labute approximate surface area is 121 Å². The molecular weight excluding hydrogens is 289 g/mol. The van der Waals surface area contributed by atoms with Gasteiger partial charge in [0, 0.05) is 19.0 Å². The van der Waals surface area contributed by atoms with Crippen LogP contribution in [0.4, 0.5) is 13.2 Å². The average Bonchev–Trinajstić information content (AvgIpc) is 2.44. The summed E-state index contributed by atoms with van der Waals surface area (Å²) < 4.78 is 40.5. The van der Waals surface area contributed by atoms with Crippen molar-refractivity contribution in [1.82, 2.24) is 10.2 Å². The van der Waals surface area contributed by atoms with Crippen LogP contribution in [0, 0.1) is 0 Å². The van der Waals surface area contributed by atoms with Crippen molar-refractivity contribution in [1.29, 1.82) is 0 Å². The fourth-order valence-corrected chi connectivity index (χ4v) is 2.28. The number of nitrogens with one attached hydrogen (secondary N) is 1. The van der Waals surface area contributed by atoms with Crippen LogP contribution >= 0.6 is 0 Å². The highest BCUT2D eigenvalue weighted by Crippen LogP contribution is 2.16. The van der Waals surface area contributed by atoms with Gasteiger partial charge in [-0.1, -0.05) is 13.3 Å². The van der Waals surface area contributed by atoms with Gasteiger partial charge in [0.25, 0.3) is 0 Å². The maximum Gasteiger partial charge on any atom is 0.411 e. The van der Waals surface area contributed by atoms with Crippen LogP contribution in [0.3, 0.4) is 0 Å². The average molecular weight is 310 g/mol. The maximum absolute atomic E-state index is 12.3. The second-order valence-corrected chi connectivity index (χ2v) is 5.16. The normalized spacial score (nSPS) is 24.0. The zero-order chi connectivity index (χ0) is 16.0. The molecule has 1 heterocycles. The van der Waals surface area contributed by atoms with Crippen molar-refractivity contribution in [3.8, 4) is 0 Å². The molecule has 1 saturated heterocycles. The van der Waals surface area contributed by atoms with Crippen LogP contribution in [0.2, 0.25) is 0 Å². The molecule has 5 nitrogen and oxygen atoms in total. The predicted octanol–water partition coefficient (Wildman–Crippen LogP) is 1.47. The van der Waals surface area contributed by atoms with E-state index in [0.717, 1.165) is 6.42 Å². The summed E-state index contributed by atoms with van der Waals surface area (Å²) in [5.41, 5.74) is 0. The number of alkyl halides is 3. The first-order chi connectivity index (χ1) is 9.74. The minimum absolute atomic E-state index is 0.0469. The quantitative estimate of drug-likeness (QED) is 0.756. The molecule has 1 N–H and O–H groups in total. The summed E-state index contributed by atoms with van der Waals surface area (Å²) in [6.45, 7) is 2.10. The molecule has 1 aliphatic rings. The van der Waals surface area contributed by atoms with Gasteiger partial charge < -0.3 is 15.0 Å². The molecule has 2 amide bonds. The SMILES string of the molecule is CCCC1NC(=O)CC(C)N(CCOCC(F)(F)F)C1=O. The van der Waals surface area contributed by atoms with Crippen molar-refractivity contribution in [2.24, 2.45) is 0 Å². The molecule has 0 radical (unpaired) electrons. The standard InChI is InChI=1S/C13H21F3N2O3/c1-3-4-10-12(20)18(9(2)7-11(19)17-10)5-6-21-8-13(14,15)16/h9-10H,3-8H2,1-2H3,(H,17,19). The van der Waals surface area contributed by atoms with Crippen LogP contribution in [0.5, 0.6) is 0 Å². The maximum atomic E-state index is 12.3. The lowest BCUT2D eigenvalue weighted by atomic mass is 10.1. The number of hydrogen-bond acceptors (Lipinski definition) is 3. The molecule has 2 unspecified atom stereocenters. The smallest absolute Gasteiger partial charge is 0.370 e. The third-order valence-corrected chi connectivity index (χ3v) is 3.25. The van der Waals surface area contributed by atoms with Crippen LogP contribution in [0.15, 0.2) is 0 Å². The molecule has 0 aromatic rings. The van der Waals surface area contributed by atoms with Crippen molar-refractivity contribution in [3.63, 3.8) is 0 Å².